The fourth-order valence-electron chi connectivity index (χ4n) is 3.66. The molecule has 4 aromatic rings. The number of sulfone groups is 2. The van der Waals surface area contributed by atoms with E-state index in [1.54, 1.807) is 30.3 Å². The summed E-state index contributed by atoms with van der Waals surface area (Å²) >= 11 is 0. The van der Waals surface area contributed by atoms with Crippen molar-refractivity contribution in [1.82, 2.24) is 9.78 Å². The van der Waals surface area contributed by atoms with E-state index in [2.05, 4.69) is 15.7 Å². The van der Waals surface area contributed by atoms with Crippen LogP contribution in [0.2, 0.25) is 0 Å². The number of aromatic nitrogens is 2. The van der Waals surface area contributed by atoms with Gasteiger partial charge in [-0.2, -0.15) is 5.10 Å². The minimum Gasteiger partial charge on any atom is -0.382 e. The Bertz CT molecular complexity index is 1730. The maximum Gasteiger partial charge on any atom is 0.227 e. The second-order valence-electron chi connectivity index (χ2n) is 8.18. The number of nitrogen functional groups attached to an aromatic ring is 1. The molecule has 0 aliphatic heterocycles. The van der Waals surface area contributed by atoms with Crippen LogP contribution in [-0.2, 0) is 29.3 Å². The van der Waals surface area contributed by atoms with E-state index in [1.807, 2.05) is 0 Å². The van der Waals surface area contributed by atoms with Gasteiger partial charge in [-0.25, -0.2) is 21.5 Å². The van der Waals surface area contributed by atoms with Gasteiger partial charge in [0.2, 0.25) is 36.5 Å². The van der Waals surface area contributed by atoms with Crippen molar-refractivity contribution < 1.29 is 26.4 Å². The molecule has 4 rings (SSSR count). The summed E-state index contributed by atoms with van der Waals surface area (Å²) in [5.74, 6) is -1.07. The third-order valence-electron chi connectivity index (χ3n) is 5.34. The van der Waals surface area contributed by atoms with Crippen LogP contribution in [0.1, 0.15) is 13.8 Å². The van der Waals surface area contributed by atoms with E-state index in [9.17, 15) is 26.4 Å². The molecule has 0 spiro atoms. The van der Waals surface area contributed by atoms with Crippen molar-refractivity contribution in [2.24, 2.45) is 0 Å². The molecule has 1 aromatic heterocycles. The van der Waals surface area contributed by atoms with Crippen LogP contribution in [0.15, 0.2) is 98.6 Å². The molecule has 2 amide bonds. The molecule has 0 atom stereocenters. The van der Waals surface area contributed by atoms with Crippen LogP contribution >= 0.6 is 0 Å². The minimum atomic E-state index is -4.51. The average molecular weight is 554 g/mol. The zero-order chi connectivity index (χ0) is 27.7. The number of para-hydroxylation sites is 1. The number of anilines is 3. The Balaban J connectivity index is 1.91. The first-order chi connectivity index (χ1) is 17.9. The summed E-state index contributed by atoms with van der Waals surface area (Å²) in [7, 11) is -9.01. The highest BCUT2D eigenvalue weighted by molar-refractivity contribution is 7.94. The molecule has 0 unspecified atom stereocenters. The highest BCUT2D eigenvalue weighted by atomic mass is 32.2. The zero-order valence-electron chi connectivity index (χ0n) is 20.2. The van der Waals surface area contributed by atoms with E-state index in [0.29, 0.717) is 17.1 Å². The summed E-state index contributed by atoms with van der Waals surface area (Å²) in [6.07, 6.45) is 0. The maximum atomic E-state index is 13.8. The number of carbonyl (C=O) groups is 2. The summed E-state index contributed by atoms with van der Waals surface area (Å²) in [4.78, 5) is 21.5. The monoisotopic (exact) mass is 553 g/mol. The molecule has 1 heterocycles. The first-order valence-electron chi connectivity index (χ1n) is 11.1. The number of hydrogen-bond acceptors (Lipinski definition) is 8. The van der Waals surface area contributed by atoms with Gasteiger partial charge in [-0.15, -0.1) is 0 Å². The van der Waals surface area contributed by atoms with Crippen LogP contribution in [0.3, 0.4) is 0 Å². The van der Waals surface area contributed by atoms with E-state index in [-0.39, 0.29) is 21.6 Å². The van der Waals surface area contributed by atoms with Gasteiger partial charge in [-0.1, -0.05) is 18.2 Å². The van der Waals surface area contributed by atoms with Crippen molar-refractivity contribution in [2.75, 3.05) is 16.4 Å². The van der Waals surface area contributed by atoms with Gasteiger partial charge in [0.25, 0.3) is 0 Å². The van der Waals surface area contributed by atoms with E-state index in [1.165, 1.54) is 62.4 Å². The Morgan fingerprint density at radius 2 is 1.16 bits per heavy atom. The summed E-state index contributed by atoms with van der Waals surface area (Å²) < 4.78 is 56.0. The van der Waals surface area contributed by atoms with Crippen LogP contribution in [0.25, 0.3) is 5.69 Å². The van der Waals surface area contributed by atoms with Gasteiger partial charge in [-0.05, 0) is 60.7 Å². The van der Waals surface area contributed by atoms with Crippen molar-refractivity contribution in [2.45, 2.75) is 33.6 Å². The first kappa shape index (κ1) is 26.6. The molecule has 0 aliphatic rings. The smallest absolute Gasteiger partial charge is 0.227 e. The Kier molecular flexibility index (Phi) is 7.07. The maximum absolute atomic E-state index is 13.8. The Morgan fingerprint density at radius 1 is 0.711 bits per heavy atom. The quantitative estimate of drug-likeness (QED) is 0.313. The number of amides is 2. The predicted molar refractivity (Wildman–Crippen MR) is 140 cm³/mol. The lowest BCUT2D eigenvalue weighted by atomic mass is 10.3. The Labute approximate surface area is 219 Å². The average Bonchev–Trinajstić information content (AvgIpc) is 3.23. The molecule has 3 aromatic carbocycles. The lowest BCUT2D eigenvalue weighted by Gasteiger charge is -2.09. The molecule has 0 bridgehead atoms. The molecular formula is C25H23N5O6S2. The largest absolute Gasteiger partial charge is 0.382 e. The van der Waals surface area contributed by atoms with Crippen molar-refractivity contribution in [3.05, 3.63) is 78.9 Å². The second kappa shape index (κ2) is 10.1. The van der Waals surface area contributed by atoms with Gasteiger partial charge in [0.1, 0.15) is 5.82 Å². The molecule has 196 valence electrons. The third-order valence-corrected chi connectivity index (χ3v) is 8.99. The second-order valence-corrected chi connectivity index (χ2v) is 11.9. The number of nitrogens with two attached hydrogens (primary N) is 1. The normalized spacial score (nSPS) is 11.6. The van der Waals surface area contributed by atoms with Crippen molar-refractivity contribution >= 4 is 48.7 Å². The Hall–Kier alpha value is -4.49. The van der Waals surface area contributed by atoms with E-state index >= 15 is 0 Å². The predicted octanol–water partition coefficient (Wildman–Crippen LogP) is 3.04. The number of carbonyl (C=O) groups excluding carboxylic acids is 2. The first-order valence-corrected chi connectivity index (χ1v) is 14.1. The van der Waals surface area contributed by atoms with Gasteiger partial charge >= 0.3 is 0 Å². The molecule has 11 nitrogen and oxygen atoms in total. The standard InChI is InChI=1S/C25H23N5O6S2/c1-16(31)27-18-8-12-21(13-9-18)37(33,34)23-24(26)30(20-6-4-3-5-7-20)29-25(23)38(35,36)22-14-10-19(11-15-22)28-17(2)32/h3-15H,26H2,1-2H3,(H,27,31)(H,28,32). The molecule has 38 heavy (non-hydrogen) atoms. The van der Waals surface area contributed by atoms with Gasteiger partial charge in [0.15, 0.2) is 4.90 Å². The molecule has 0 aliphatic carbocycles. The lowest BCUT2D eigenvalue weighted by Crippen LogP contribution is -2.12. The van der Waals surface area contributed by atoms with Crippen molar-refractivity contribution in [3.8, 4) is 5.69 Å². The summed E-state index contributed by atoms with van der Waals surface area (Å²) in [6, 6.07) is 18.7. The molecule has 0 saturated carbocycles. The fourth-order valence-corrected chi connectivity index (χ4v) is 6.94. The van der Waals surface area contributed by atoms with Crippen molar-refractivity contribution in [3.63, 3.8) is 0 Å². The van der Waals surface area contributed by atoms with E-state index in [0.717, 1.165) is 4.68 Å². The topological polar surface area (TPSA) is 170 Å². The van der Waals surface area contributed by atoms with Crippen LogP contribution in [-0.4, -0.2) is 38.4 Å². The molecule has 0 saturated heterocycles. The van der Waals surface area contributed by atoms with Crippen molar-refractivity contribution in [1.29, 1.82) is 0 Å². The summed E-state index contributed by atoms with van der Waals surface area (Å²) in [6.45, 7) is 2.62. The van der Waals surface area contributed by atoms with Gasteiger partial charge in [0, 0.05) is 25.2 Å². The minimum absolute atomic E-state index is 0.247. The van der Waals surface area contributed by atoms with Gasteiger partial charge < -0.3 is 16.4 Å². The SMILES string of the molecule is CC(=O)Nc1ccc(S(=O)(=O)c2nn(-c3ccccc3)c(N)c2S(=O)(=O)c2ccc(NC(C)=O)cc2)cc1. The highest BCUT2D eigenvalue weighted by Crippen LogP contribution is 2.36. The highest BCUT2D eigenvalue weighted by Gasteiger charge is 2.37. The van der Waals surface area contributed by atoms with Gasteiger partial charge in [-0.3, -0.25) is 9.59 Å². The Morgan fingerprint density at radius 3 is 1.61 bits per heavy atom. The van der Waals surface area contributed by atoms with Crippen LogP contribution < -0.4 is 16.4 Å². The van der Waals surface area contributed by atoms with Gasteiger partial charge in [0.05, 0.1) is 15.5 Å². The molecular weight excluding hydrogens is 530 g/mol. The number of hydrogen-bond donors (Lipinski definition) is 3. The lowest BCUT2D eigenvalue weighted by molar-refractivity contribution is -0.115. The zero-order valence-corrected chi connectivity index (χ0v) is 21.9. The molecule has 0 radical (unpaired) electrons. The van der Waals surface area contributed by atoms with E-state index in [4.69, 9.17) is 5.73 Å². The number of rotatable bonds is 7. The number of benzene rings is 3. The van der Waals surface area contributed by atoms with E-state index < -0.39 is 35.4 Å². The third kappa shape index (κ3) is 5.14. The number of nitrogens with zero attached hydrogens (tertiary/aromatic N) is 2. The van der Waals surface area contributed by atoms with Crippen LogP contribution in [0.5, 0.6) is 0 Å². The number of nitrogens with one attached hydrogen (secondary N) is 2. The fraction of sp³-hybridized carbons (Fsp3) is 0.0800. The molecule has 4 N–H and O–H groups in total. The van der Waals surface area contributed by atoms with Crippen LogP contribution in [0, 0.1) is 0 Å². The van der Waals surface area contributed by atoms with Crippen LogP contribution in [0.4, 0.5) is 17.2 Å². The summed E-state index contributed by atoms with van der Waals surface area (Å²) in [5, 5.41) is 8.47. The summed E-state index contributed by atoms with van der Waals surface area (Å²) in [5.41, 5.74) is 7.33. The molecule has 0 fully saturated rings. The molecule has 13 heteroatoms.